The van der Waals surface area contributed by atoms with E-state index >= 15 is 0 Å². The number of aryl methyl sites for hydroxylation is 3. The first-order chi connectivity index (χ1) is 15.4. The minimum absolute atomic E-state index is 0.167. The van der Waals surface area contributed by atoms with Crippen molar-refractivity contribution in [1.29, 1.82) is 0 Å². The Morgan fingerprint density at radius 3 is 2.53 bits per heavy atom. The number of nitrogens with zero attached hydrogens (tertiary/aromatic N) is 3. The quantitative estimate of drug-likeness (QED) is 0.433. The fourth-order valence-corrected chi connectivity index (χ4v) is 4.10. The molecule has 1 fully saturated rings. The summed E-state index contributed by atoms with van der Waals surface area (Å²) in [6.45, 7) is 6.04. The van der Waals surface area contributed by atoms with Crippen LogP contribution in [0.15, 0.2) is 48.5 Å². The largest absolute Gasteiger partial charge is 0.322 e. The molecule has 0 aliphatic heterocycles. The predicted octanol–water partition coefficient (Wildman–Crippen LogP) is 5.87. The second-order valence-electron chi connectivity index (χ2n) is 8.53. The zero-order valence-electron chi connectivity index (χ0n) is 18.4. The lowest BCUT2D eigenvalue weighted by atomic mass is 10.0. The van der Waals surface area contributed by atoms with Crippen molar-refractivity contribution in [3.63, 3.8) is 0 Å². The highest BCUT2D eigenvalue weighted by Gasteiger charge is 2.32. The summed E-state index contributed by atoms with van der Waals surface area (Å²) in [6.07, 6.45) is 2.78. The predicted molar refractivity (Wildman–Crippen MR) is 124 cm³/mol. The van der Waals surface area contributed by atoms with Crippen molar-refractivity contribution >= 4 is 22.6 Å². The van der Waals surface area contributed by atoms with Gasteiger partial charge in [-0.2, -0.15) is 5.10 Å². The van der Waals surface area contributed by atoms with E-state index in [-0.39, 0.29) is 11.7 Å². The lowest BCUT2D eigenvalue weighted by Gasteiger charge is -2.12. The van der Waals surface area contributed by atoms with Gasteiger partial charge in [0.15, 0.2) is 5.65 Å². The molecule has 0 spiro atoms. The molecule has 0 saturated heterocycles. The number of anilines is 1. The molecule has 0 radical (unpaired) electrons. The van der Waals surface area contributed by atoms with Crippen molar-refractivity contribution in [2.24, 2.45) is 0 Å². The third kappa shape index (κ3) is 3.66. The summed E-state index contributed by atoms with van der Waals surface area (Å²) in [5.41, 5.74) is 6.62. The van der Waals surface area contributed by atoms with Crippen LogP contribution < -0.4 is 5.32 Å². The van der Waals surface area contributed by atoms with Crippen LogP contribution in [0.3, 0.4) is 0 Å². The van der Waals surface area contributed by atoms with Gasteiger partial charge in [-0.05, 0) is 75.1 Å². The van der Waals surface area contributed by atoms with E-state index in [0.29, 0.717) is 23.5 Å². The van der Waals surface area contributed by atoms with Gasteiger partial charge in [0, 0.05) is 17.3 Å². The zero-order chi connectivity index (χ0) is 22.4. The highest BCUT2D eigenvalue weighted by Crippen LogP contribution is 2.43. The van der Waals surface area contributed by atoms with Gasteiger partial charge in [-0.25, -0.2) is 14.1 Å². The maximum Gasteiger partial charge on any atom is 0.256 e. The van der Waals surface area contributed by atoms with Crippen molar-refractivity contribution in [2.45, 2.75) is 46.0 Å². The molecule has 2 heterocycles. The Labute approximate surface area is 186 Å². The normalized spacial score (nSPS) is 13.5. The van der Waals surface area contributed by atoms with Gasteiger partial charge in [0.1, 0.15) is 5.82 Å². The van der Waals surface area contributed by atoms with E-state index in [1.807, 2.05) is 39.0 Å². The van der Waals surface area contributed by atoms with Crippen LogP contribution in [0.5, 0.6) is 0 Å². The third-order valence-corrected chi connectivity index (χ3v) is 5.99. The average Bonchev–Trinajstić information content (AvgIpc) is 3.56. The molecule has 1 amide bonds. The molecule has 2 aromatic heterocycles. The zero-order valence-corrected chi connectivity index (χ0v) is 18.4. The van der Waals surface area contributed by atoms with Gasteiger partial charge in [-0.15, -0.1) is 0 Å². The minimum atomic E-state index is -0.302. The maximum absolute atomic E-state index is 13.5. The molecule has 0 bridgehead atoms. The monoisotopic (exact) mass is 428 g/mol. The molecule has 5 nitrogen and oxygen atoms in total. The smallest absolute Gasteiger partial charge is 0.256 e. The highest BCUT2D eigenvalue weighted by atomic mass is 19.1. The Balaban J connectivity index is 1.68. The van der Waals surface area contributed by atoms with Crippen molar-refractivity contribution in [2.75, 3.05) is 5.32 Å². The first-order valence-corrected chi connectivity index (χ1v) is 11.0. The maximum atomic E-state index is 13.5. The summed E-state index contributed by atoms with van der Waals surface area (Å²) in [7, 11) is 0. The van der Waals surface area contributed by atoms with Gasteiger partial charge in [0.2, 0.25) is 0 Å². The SMILES string of the molecule is CCc1cc(C(=O)Nc2ccc(C)cc2C)c2c(C3CC3)nn(-c3ccc(F)cc3)c2n1. The number of carbonyl (C=O) groups is 1. The molecule has 1 saturated carbocycles. The Morgan fingerprint density at radius 2 is 1.88 bits per heavy atom. The van der Waals surface area contributed by atoms with Crippen LogP contribution in [0.1, 0.15) is 58.6 Å². The van der Waals surface area contributed by atoms with Gasteiger partial charge >= 0.3 is 0 Å². The summed E-state index contributed by atoms with van der Waals surface area (Å²) in [6, 6.07) is 14.1. The molecular weight excluding hydrogens is 403 g/mol. The van der Waals surface area contributed by atoms with Crippen molar-refractivity contribution in [1.82, 2.24) is 14.8 Å². The van der Waals surface area contributed by atoms with Crippen molar-refractivity contribution < 1.29 is 9.18 Å². The first-order valence-electron chi connectivity index (χ1n) is 11.0. The molecule has 0 unspecified atom stereocenters. The summed E-state index contributed by atoms with van der Waals surface area (Å²) < 4.78 is 15.3. The van der Waals surface area contributed by atoms with E-state index in [1.54, 1.807) is 16.8 Å². The second-order valence-corrected chi connectivity index (χ2v) is 8.53. The molecule has 1 aliphatic rings. The van der Waals surface area contributed by atoms with Crippen LogP contribution in [0.2, 0.25) is 0 Å². The Kier molecular flexibility index (Phi) is 5.00. The first kappa shape index (κ1) is 20.4. The van der Waals surface area contributed by atoms with E-state index in [2.05, 4.69) is 11.4 Å². The van der Waals surface area contributed by atoms with Gasteiger partial charge in [0.25, 0.3) is 5.91 Å². The Morgan fingerprint density at radius 1 is 1.12 bits per heavy atom. The number of amides is 1. The summed E-state index contributed by atoms with van der Waals surface area (Å²) in [4.78, 5) is 18.3. The number of hydrogen-bond acceptors (Lipinski definition) is 3. The number of fused-ring (bicyclic) bond motifs is 1. The molecule has 0 atom stereocenters. The number of carbonyl (C=O) groups excluding carboxylic acids is 1. The number of pyridine rings is 1. The highest BCUT2D eigenvalue weighted by molar-refractivity contribution is 6.13. The van der Waals surface area contributed by atoms with Gasteiger partial charge < -0.3 is 5.32 Å². The number of halogens is 1. The fourth-order valence-electron chi connectivity index (χ4n) is 4.10. The molecule has 1 N–H and O–H groups in total. The molecule has 6 heteroatoms. The van der Waals surface area contributed by atoms with Crippen LogP contribution in [0, 0.1) is 19.7 Å². The van der Waals surface area contributed by atoms with Crippen molar-refractivity contribution in [3.8, 4) is 5.69 Å². The van der Waals surface area contributed by atoms with Crippen LogP contribution in [-0.2, 0) is 6.42 Å². The van der Waals surface area contributed by atoms with Crippen LogP contribution >= 0.6 is 0 Å². The Bertz CT molecular complexity index is 1340. The van der Waals surface area contributed by atoms with Gasteiger partial charge in [-0.3, -0.25) is 4.79 Å². The third-order valence-electron chi connectivity index (χ3n) is 5.99. The summed E-state index contributed by atoms with van der Waals surface area (Å²) >= 11 is 0. The number of rotatable bonds is 5. The number of benzene rings is 2. The summed E-state index contributed by atoms with van der Waals surface area (Å²) in [5.74, 6) is -0.149. The average molecular weight is 429 g/mol. The summed E-state index contributed by atoms with van der Waals surface area (Å²) in [5, 5.41) is 8.73. The number of nitrogens with one attached hydrogen (secondary N) is 1. The van der Waals surface area contributed by atoms with Gasteiger partial charge in [0.05, 0.1) is 22.3 Å². The molecule has 1 aliphatic carbocycles. The lowest BCUT2D eigenvalue weighted by Crippen LogP contribution is -2.14. The molecule has 162 valence electrons. The number of aromatic nitrogens is 3. The molecular formula is C26H25FN4O. The van der Waals surface area contributed by atoms with E-state index in [1.165, 1.54) is 12.1 Å². The van der Waals surface area contributed by atoms with Crippen molar-refractivity contribution in [3.05, 3.63) is 82.4 Å². The molecule has 4 aromatic rings. The number of hydrogen-bond donors (Lipinski definition) is 1. The second kappa shape index (κ2) is 7.86. The molecule has 2 aromatic carbocycles. The van der Waals surface area contributed by atoms with E-state index in [0.717, 1.165) is 52.1 Å². The fraction of sp³-hybridized carbons (Fsp3) is 0.269. The molecule has 5 rings (SSSR count). The van der Waals surface area contributed by atoms with Crippen LogP contribution in [-0.4, -0.2) is 20.7 Å². The topological polar surface area (TPSA) is 59.8 Å². The van der Waals surface area contributed by atoms with E-state index < -0.39 is 0 Å². The lowest BCUT2D eigenvalue weighted by molar-refractivity contribution is 0.102. The van der Waals surface area contributed by atoms with Crippen LogP contribution in [0.4, 0.5) is 10.1 Å². The minimum Gasteiger partial charge on any atom is -0.322 e. The van der Waals surface area contributed by atoms with Gasteiger partial charge in [-0.1, -0.05) is 24.6 Å². The standard InChI is InChI=1S/C26H25FN4O/c1-4-19-14-21(26(32)29-22-12-5-15(2)13-16(22)3)23-24(17-6-7-17)30-31(25(23)28-19)20-10-8-18(27)9-11-20/h5,8-14,17H,4,6-7H2,1-3H3,(H,29,32). The van der Waals surface area contributed by atoms with E-state index in [4.69, 9.17) is 10.1 Å². The van der Waals surface area contributed by atoms with Crippen LogP contribution in [0.25, 0.3) is 16.7 Å². The van der Waals surface area contributed by atoms with E-state index in [9.17, 15) is 9.18 Å². The molecule has 32 heavy (non-hydrogen) atoms. The Hall–Kier alpha value is -3.54.